The number of rotatable bonds is 6. The van der Waals surface area contributed by atoms with E-state index < -0.39 is 0 Å². The molecule has 4 rings (SSSR count). The molecule has 3 N–H and O–H groups in total. The molecule has 1 unspecified atom stereocenters. The van der Waals surface area contributed by atoms with Crippen LogP contribution in [0.2, 0.25) is 0 Å². The highest BCUT2D eigenvalue weighted by molar-refractivity contribution is 6.07. The highest BCUT2D eigenvalue weighted by atomic mass is 16.5. The van der Waals surface area contributed by atoms with Gasteiger partial charge in [-0.3, -0.25) is 4.79 Å². The van der Waals surface area contributed by atoms with E-state index in [0.29, 0.717) is 23.1 Å². The van der Waals surface area contributed by atoms with E-state index in [1.54, 1.807) is 12.1 Å². The van der Waals surface area contributed by atoms with E-state index in [-0.39, 0.29) is 12.0 Å². The molecule has 0 aromatic heterocycles. The van der Waals surface area contributed by atoms with Crippen molar-refractivity contribution in [3.8, 4) is 0 Å². The third kappa shape index (κ3) is 4.34. The largest absolute Gasteiger partial charge is 0.397 e. The van der Waals surface area contributed by atoms with Crippen LogP contribution in [0.3, 0.4) is 0 Å². The minimum absolute atomic E-state index is 0.0687. The van der Waals surface area contributed by atoms with Crippen LogP contribution in [0.25, 0.3) is 0 Å². The Morgan fingerprint density at radius 2 is 2.12 bits per heavy atom. The highest BCUT2D eigenvalue weighted by Crippen LogP contribution is 2.31. The summed E-state index contributed by atoms with van der Waals surface area (Å²) in [6.45, 7) is 3.44. The van der Waals surface area contributed by atoms with Crippen molar-refractivity contribution in [2.75, 3.05) is 30.7 Å². The van der Waals surface area contributed by atoms with E-state index in [2.05, 4.69) is 10.2 Å². The number of likely N-dealkylation sites (tertiary alicyclic amines) is 1. The number of ether oxygens (including phenoxy) is 1. The summed E-state index contributed by atoms with van der Waals surface area (Å²) in [4.78, 5) is 14.9. The van der Waals surface area contributed by atoms with Gasteiger partial charge in [-0.05, 0) is 43.7 Å². The second-order valence-electron chi connectivity index (χ2n) is 7.58. The van der Waals surface area contributed by atoms with Crippen molar-refractivity contribution in [1.29, 1.82) is 0 Å². The molecule has 1 saturated heterocycles. The number of nitrogens with one attached hydrogen (secondary N) is 1. The fraction of sp³-hybridized carbons (Fsp3) is 0.476. The van der Waals surface area contributed by atoms with Gasteiger partial charge >= 0.3 is 0 Å². The lowest BCUT2D eigenvalue weighted by molar-refractivity contribution is -0.112. The van der Waals surface area contributed by atoms with Gasteiger partial charge in [0.1, 0.15) is 0 Å². The molecule has 1 aliphatic heterocycles. The summed E-state index contributed by atoms with van der Waals surface area (Å²) in [6.07, 6.45) is 10.9. The van der Waals surface area contributed by atoms with Gasteiger partial charge in [-0.15, -0.1) is 0 Å². The van der Waals surface area contributed by atoms with Crippen LogP contribution in [0.15, 0.2) is 48.1 Å². The molecule has 1 saturated carbocycles. The molecule has 1 aromatic carbocycles. The fourth-order valence-corrected chi connectivity index (χ4v) is 3.66. The summed E-state index contributed by atoms with van der Waals surface area (Å²) >= 11 is 0. The first-order chi connectivity index (χ1) is 12.7. The molecule has 0 radical (unpaired) electrons. The van der Waals surface area contributed by atoms with Crippen molar-refractivity contribution in [3.63, 3.8) is 0 Å². The molecule has 2 aliphatic carbocycles. The number of carbonyl (C=O) groups excluding carboxylic acids is 1. The smallest absolute Gasteiger partial charge is 0.255 e. The summed E-state index contributed by atoms with van der Waals surface area (Å²) in [5.74, 6) is 0.806. The molecule has 2 atom stereocenters. The monoisotopic (exact) mass is 353 g/mol. The van der Waals surface area contributed by atoms with Crippen LogP contribution in [0.1, 0.15) is 25.7 Å². The van der Waals surface area contributed by atoms with Crippen LogP contribution in [0.4, 0.5) is 11.4 Å². The van der Waals surface area contributed by atoms with Crippen LogP contribution in [-0.2, 0) is 9.53 Å². The topological polar surface area (TPSA) is 67.6 Å². The summed E-state index contributed by atoms with van der Waals surface area (Å²) in [5.41, 5.74) is 7.76. The Bertz CT molecular complexity index is 724. The van der Waals surface area contributed by atoms with Gasteiger partial charge in [0.15, 0.2) is 0 Å². The summed E-state index contributed by atoms with van der Waals surface area (Å²) in [6, 6.07) is 7.29. The van der Waals surface area contributed by atoms with E-state index >= 15 is 0 Å². The Hall–Kier alpha value is -2.11. The second-order valence-corrected chi connectivity index (χ2v) is 7.58. The number of para-hydroxylation sites is 2. The van der Waals surface area contributed by atoms with Gasteiger partial charge in [0.2, 0.25) is 0 Å². The zero-order valence-electron chi connectivity index (χ0n) is 15.1. The van der Waals surface area contributed by atoms with E-state index in [1.165, 1.54) is 19.4 Å². The molecule has 1 aromatic rings. The first kappa shape index (κ1) is 17.3. The van der Waals surface area contributed by atoms with Crippen molar-refractivity contribution >= 4 is 17.3 Å². The minimum atomic E-state index is -0.130. The third-order valence-corrected chi connectivity index (χ3v) is 5.34. The lowest BCUT2D eigenvalue weighted by Gasteiger charge is -2.22. The summed E-state index contributed by atoms with van der Waals surface area (Å²) in [5, 5.41) is 2.87. The molecule has 26 heavy (non-hydrogen) atoms. The number of hydrogen-bond acceptors (Lipinski definition) is 4. The molecule has 0 spiro atoms. The second kappa shape index (κ2) is 7.64. The molecular formula is C21H27N3O2. The average molecular weight is 353 g/mol. The van der Waals surface area contributed by atoms with E-state index in [0.717, 1.165) is 31.8 Å². The van der Waals surface area contributed by atoms with Crippen LogP contribution in [-0.4, -0.2) is 42.6 Å². The summed E-state index contributed by atoms with van der Waals surface area (Å²) in [7, 11) is 0. The maximum Gasteiger partial charge on any atom is 0.255 e. The zero-order chi connectivity index (χ0) is 17.9. The maximum atomic E-state index is 12.4. The van der Waals surface area contributed by atoms with E-state index in [1.807, 2.05) is 30.4 Å². The predicted molar refractivity (Wildman–Crippen MR) is 104 cm³/mol. The summed E-state index contributed by atoms with van der Waals surface area (Å²) < 4.78 is 6.23. The third-order valence-electron chi connectivity index (χ3n) is 5.34. The molecule has 5 nitrogen and oxygen atoms in total. The Kier molecular flexibility index (Phi) is 5.09. The lowest BCUT2D eigenvalue weighted by Crippen LogP contribution is -2.28. The van der Waals surface area contributed by atoms with Gasteiger partial charge in [0, 0.05) is 25.2 Å². The SMILES string of the molecule is Nc1ccccc1NC(=O)C1=CCC(O[C@H]2CCN(CC3CC3)C2)C=C1. The standard InChI is InChI=1S/C21H27N3O2/c22-19-3-1-2-4-20(19)23-21(25)16-7-9-17(10-8-16)26-18-11-12-24(14-18)13-15-5-6-15/h1-4,7-9,15,17-18H,5-6,10-14,22H2,(H,23,25)/t17?,18-/m0/s1. The van der Waals surface area contributed by atoms with Gasteiger partial charge in [-0.1, -0.05) is 30.4 Å². The van der Waals surface area contributed by atoms with Gasteiger partial charge in [-0.2, -0.15) is 0 Å². The van der Waals surface area contributed by atoms with Crippen molar-refractivity contribution in [2.45, 2.75) is 37.9 Å². The molecular weight excluding hydrogens is 326 g/mol. The molecule has 1 heterocycles. The van der Waals surface area contributed by atoms with E-state index in [4.69, 9.17) is 10.5 Å². The Morgan fingerprint density at radius 3 is 2.85 bits per heavy atom. The normalized spacial score (nSPS) is 25.9. The van der Waals surface area contributed by atoms with Crippen molar-refractivity contribution in [3.05, 3.63) is 48.1 Å². The van der Waals surface area contributed by atoms with Gasteiger partial charge in [0.05, 0.1) is 23.6 Å². The number of carbonyl (C=O) groups is 1. The lowest BCUT2D eigenvalue weighted by atomic mass is 10.0. The van der Waals surface area contributed by atoms with Crippen molar-refractivity contribution < 1.29 is 9.53 Å². The maximum absolute atomic E-state index is 12.4. The van der Waals surface area contributed by atoms with Crippen molar-refractivity contribution in [1.82, 2.24) is 4.90 Å². The van der Waals surface area contributed by atoms with Gasteiger partial charge in [0.25, 0.3) is 5.91 Å². The van der Waals surface area contributed by atoms with Crippen LogP contribution in [0, 0.1) is 5.92 Å². The Balaban J connectivity index is 1.25. The number of nitrogens with zero attached hydrogens (tertiary/aromatic N) is 1. The van der Waals surface area contributed by atoms with Gasteiger partial charge in [-0.25, -0.2) is 0 Å². The number of nitrogens with two attached hydrogens (primary N) is 1. The molecule has 0 bridgehead atoms. The van der Waals surface area contributed by atoms with Crippen LogP contribution < -0.4 is 11.1 Å². The molecule has 138 valence electrons. The van der Waals surface area contributed by atoms with Crippen molar-refractivity contribution in [2.24, 2.45) is 5.92 Å². The average Bonchev–Trinajstić information content (AvgIpc) is 3.35. The van der Waals surface area contributed by atoms with Crippen LogP contribution >= 0.6 is 0 Å². The molecule has 5 heteroatoms. The fourth-order valence-electron chi connectivity index (χ4n) is 3.66. The first-order valence-electron chi connectivity index (χ1n) is 9.59. The minimum Gasteiger partial charge on any atom is -0.397 e. The Labute approximate surface area is 154 Å². The van der Waals surface area contributed by atoms with E-state index in [9.17, 15) is 4.79 Å². The number of benzene rings is 1. The molecule has 1 amide bonds. The van der Waals surface area contributed by atoms with Crippen LogP contribution in [0.5, 0.6) is 0 Å². The van der Waals surface area contributed by atoms with Gasteiger partial charge < -0.3 is 20.7 Å². The molecule has 2 fully saturated rings. The zero-order valence-corrected chi connectivity index (χ0v) is 15.1. The number of nitrogen functional groups attached to an aromatic ring is 1. The number of amides is 1. The predicted octanol–water partition coefficient (Wildman–Crippen LogP) is 2.96. The Morgan fingerprint density at radius 1 is 1.27 bits per heavy atom. The molecule has 3 aliphatic rings. The quantitative estimate of drug-likeness (QED) is 0.772. The number of hydrogen-bond donors (Lipinski definition) is 2. The highest BCUT2D eigenvalue weighted by Gasteiger charge is 2.30. The first-order valence-corrected chi connectivity index (χ1v) is 9.59. The number of anilines is 2.